The van der Waals surface area contributed by atoms with Crippen LogP contribution in [0.25, 0.3) is 0 Å². The Morgan fingerprint density at radius 2 is 1.84 bits per heavy atom. The molecule has 7 heteroatoms. The number of aromatic nitrogens is 1. The highest BCUT2D eigenvalue weighted by Crippen LogP contribution is 2.20. The molecule has 0 spiro atoms. The highest BCUT2D eigenvalue weighted by molar-refractivity contribution is 7.09. The van der Waals surface area contributed by atoms with E-state index in [1.54, 1.807) is 47.6 Å². The zero-order valence-corrected chi connectivity index (χ0v) is 19.6. The van der Waals surface area contributed by atoms with Crippen molar-refractivity contribution in [1.29, 1.82) is 0 Å². The number of benzene rings is 2. The normalized spacial score (nSPS) is 10.8. The molecule has 31 heavy (non-hydrogen) atoms. The summed E-state index contributed by atoms with van der Waals surface area (Å²) in [7, 11) is 1.66. The molecule has 5 nitrogen and oxygen atoms in total. The Hall–Kier alpha value is -2.41. The number of amides is 1. The van der Waals surface area contributed by atoms with E-state index in [4.69, 9.17) is 21.1 Å². The third-order valence-electron chi connectivity index (χ3n) is 4.66. The molecule has 1 amide bonds. The summed E-state index contributed by atoms with van der Waals surface area (Å²) in [6, 6.07) is 13.1. The van der Waals surface area contributed by atoms with Gasteiger partial charge in [-0.15, -0.1) is 11.3 Å². The molecule has 0 radical (unpaired) electrons. The number of rotatable bonds is 10. The number of hydrogen-bond donors (Lipinski definition) is 0. The molecule has 1 aromatic heterocycles. The van der Waals surface area contributed by atoms with Crippen molar-refractivity contribution in [1.82, 2.24) is 9.88 Å². The standard InChI is InChI=1S/C24H27ClN2O3S/c1-17-11-18(2)13-22(12-17)30-15-23-26-21(16-31-23)14-27(9-4-10-29-3)24(28)19-5-7-20(25)8-6-19/h5-8,11-13,16H,4,9-10,14-15H2,1-3H3. The van der Waals surface area contributed by atoms with E-state index in [1.807, 2.05) is 17.5 Å². The fourth-order valence-corrected chi connectivity index (χ4v) is 4.09. The number of hydrogen-bond acceptors (Lipinski definition) is 5. The number of halogens is 1. The van der Waals surface area contributed by atoms with Gasteiger partial charge < -0.3 is 14.4 Å². The lowest BCUT2D eigenvalue weighted by molar-refractivity contribution is 0.0721. The van der Waals surface area contributed by atoms with Gasteiger partial charge in [0.25, 0.3) is 5.91 Å². The number of aryl methyl sites for hydroxylation is 2. The number of methoxy groups -OCH3 is 1. The van der Waals surface area contributed by atoms with Crippen molar-refractivity contribution in [2.75, 3.05) is 20.3 Å². The van der Waals surface area contributed by atoms with Crippen LogP contribution in [0.1, 0.15) is 38.6 Å². The van der Waals surface area contributed by atoms with Crippen LogP contribution in [0, 0.1) is 13.8 Å². The molecule has 0 aliphatic carbocycles. The van der Waals surface area contributed by atoms with Gasteiger partial charge in [-0.2, -0.15) is 0 Å². The highest BCUT2D eigenvalue weighted by Gasteiger charge is 2.17. The molecule has 2 aromatic carbocycles. The summed E-state index contributed by atoms with van der Waals surface area (Å²) in [6.45, 7) is 6.12. The first-order chi connectivity index (χ1) is 14.9. The summed E-state index contributed by atoms with van der Waals surface area (Å²) >= 11 is 7.50. The molecule has 0 aliphatic rings. The van der Waals surface area contributed by atoms with Gasteiger partial charge in [0.2, 0.25) is 0 Å². The highest BCUT2D eigenvalue weighted by atomic mass is 35.5. The zero-order valence-electron chi connectivity index (χ0n) is 18.1. The van der Waals surface area contributed by atoms with E-state index in [-0.39, 0.29) is 5.91 Å². The summed E-state index contributed by atoms with van der Waals surface area (Å²) in [6.07, 6.45) is 0.753. The summed E-state index contributed by atoms with van der Waals surface area (Å²) in [5.41, 5.74) is 3.80. The first-order valence-electron chi connectivity index (χ1n) is 10.1. The van der Waals surface area contributed by atoms with Crippen LogP contribution in [0.5, 0.6) is 5.75 Å². The lowest BCUT2D eigenvalue weighted by Crippen LogP contribution is -2.32. The molecule has 0 atom stereocenters. The molecule has 164 valence electrons. The third-order valence-corrected chi connectivity index (χ3v) is 5.79. The van der Waals surface area contributed by atoms with Crippen molar-refractivity contribution in [3.63, 3.8) is 0 Å². The number of nitrogens with zero attached hydrogens (tertiary/aromatic N) is 2. The average molecular weight is 459 g/mol. The number of carbonyl (C=O) groups is 1. The van der Waals surface area contributed by atoms with Gasteiger partial charge >= 0.3 is 0 Å². The van der Waals surface area contributed by atoms with Crippen molar-refractivity contribution in [3.8, 4) is 5.75 Å². The van der Waals surface area contributed by atoms with E-state index in [9.17, 15) is 4.79 Å². The third kappa shape index (κ3) is 7.06. The van der Waals surface area contributed by atoms with Gasteiger partial charge in [0, 0.05) is 36.2 Å². The summed E-state index contributed by atoms with van der Waals surface area (Å²) in [4.78, 5) is 19.5. The molecule has 0 saturated carbocycles. The Labute approximate surface area is 192 Å². The molecular weight excluding hydrogens is 432 g/mol. The Balaban J connectivity index is 1.65. The van der Waals surface area contributed by atoms with Gasteiger partial charge in [0.15, 0.2) is 0 Å². The molecular formula is C24H27ClN2O3S. The minimum absolute atomic E-state index is 0.0474. The molecule has 0 unspecified atom stereocenters. The average Bonchev–Trinajstić information content (AvgIpc) is 3.18. The Morgan fingerprint density at radius 1 is 1.13 bits per heavy atom. The van der Waals surface area contributed by atoms with E-state index in [0.29, 0.717) is 36.9 Å². The monoisotopic (exact) mass is 458 g/mol. The Kier molecular flexibility index (Phi) is 8.46. The van der Waals surface area contributed by atoms with Gasteiger partial charge in [-0.1, -0.05) is 17.7 Å². The summed E-state index contributed by atoms with van der Waals surface area (Å²) in [5, 5.41) is 3.47. The molecule has 1 heterocycles. The van der Waals surface area contributed by atoms with Gasteiger partial charge in [-0.25, -0.2) is 4.98 Å². The van der Waals surface area contributed by atoms with Crippen molar-refractivity contribution < 1.29 is 14.3 Å². The van der Waals surface area contributed by atoms with Crippen molar-refractivity contribution >= 4 is 28.8 Å². The topological polar surface area (TPSA) is 51.7 Å². The van der Waals surface area contributed by atoms with Gasteiger partial charge in [-0.05, 0) is 67.8 Å². The van der Waals surface area contributed by atoms with Crippen molar-refractivity contribution in [2.24, 2.45) is 0 Å². The predicted molar refractivity (Wildman–Crippen MR) is 125 cm³/mol. The zero-order chi connectivity index (χ0) is 22.2. The maximum atomic E-state index is 13.0. The maximum absolute atomic E-state index is 13.0. The molecule has 0 bridgehead atoms. The smallest absolute Gasteiger partial charge is 0.254 e. The van der Waals surface area contributed by atoms with Crippen LogP contribution in [0.2, 0.25) is 5.02 Å². The first-order valence-corrected chi connectivity index (χ1v) is 11.4. The Bertz CT molecular complexity index is 984. The maximum Gasteiger partial charge on any atom is 0.254 e. The lowest BCUT2D eigenvalue weighted by Gasteiger charge is -2.22. The van der Waals surface area contributed by atoms with E-state index < -0.39 is 0 Å². The molecule has 3 rings (SSSR count). The van der Waals surface area contributed by atoms with Gasteiger partial charge in [0.1, 0.15) is 17.4 Å². The van der Waals surface area contributed by atoms with Crippen LogP contribution in [-0.4, -0.2) is 36.1 Å². The van der Waals surface area contributed by atoms with Crippen LogP contribution in [0.15, 0.2) is 47.8 Å². The van der Waals surface area contributed by atoms with Crippen molar-refractivity contribution in [3.05, 3.63) is 80.3 Å². The molecule has 0 aliphatic heterocycles. The molecule has 0 saturated heterocycles. The fraction of sp³-hybridized carbons (Fsp3) is 0.333. The van der Waals surface area contributed by atoms with E-state index in [2.05, 4.69) is 24.9 Å². The molecule has 0 fully saturated rings. The number of thiazole rings is 1. The second-order valence-electron chi connectivity index (χ2n) is 7.42. The van der Waals surface area contributed by atoms with Crippen molar-refractivity contribution in [2.45, 2.75) is 33.4 Å². The molecule has 3 aromatic rings. The lowest BCUT2D eigenvalue weighted by atomic mass is 10.1. The largest absolute Gasteiger partial charge is 0.486 e. The van der Waals surface area contributed by atoms with Crippen LogP contribution in [0.4, 0.5) is 0 Å². The van der Waals surface area contributed by atoms with E-state index >= 15 is 0 Å². The van der Waals surface area contributed by atoms with E-state index in [0.717, 1.165) is 22.9 Å². The second-order valence-corrected chi connectivity index (χ2v) is 8.80. The number of ether oxygens (including phenoxy) is 2. The van der Waals surface area contributed by atoms with Crippen LogP contribution in [0.3, 0.4) is 0 Å². The quantitative estimate of drug-likeness (QED) is 0.367. The summed E-state index contributed by atoms with van der Waals surface area (Å²) < 4.78 is 11.1. The van der Waals surface area contributed by atoms with Crippen LogP contribution < -0.4 is 4.74 Å². The SMILES string of the molecule is COCCCN(Cc1csc(COc2cc(C)cc(C)c2)n1)C(=O)c1ccc(Cl)cc1. The minimum Gasteiger partial charge on any atom is -0.486 e. The predicted octanol–water partition coefficient (Wildman–Crippen LogP) is 5.67. The van der Waals surface area contributed by atoms with Crippen LogP contribution >= 0.6 is 22.9 Å². The summed E-state index contributed by atoms with van der Waals surface area (Å²) in [5.74, 6) is 0.794. The number of carbonyl (C=O) groups excluding carboxylic acids is 1. The van der Waals surface area contributed by atoms with Gasteiger partial charge in [0.05, 0.1) is 12.2 Å². The second kappa shape index (κ2) is 11.3. The molecule has 0 N–H and O–H groups in total. The Morgan fingerprint density at radius 3 is 2.52 bits per heavy atom. The minimum atomic E-state index is -0.0474. The first kappa shape index (κ1) is 23.3. The van der Waals surface area contributed by atoms with Crippen LogP contribution in [-0.2, 0) is 17.9 Å². The van der Waals surface area contributed by atoms with E-state index in [1.165, 1.54) is 11.1 Å². The fourth-order valence-electron chi connectivity index (χ4n) is 3.27. The van der Waals surface area contributed by atoms with Gasteiger partial charge in [-0.3, -0.25) is 4.79 Å².